The molecule has 0 radical (unpaired) electrons. The number of hydrogen-bond donors (Lipinski definition) is 0. The number of hydrogen-bond acceptors (Lipinski definition) is 8. The zero-order valence-electron chi connectivity index (χ0n) is 53.0. The van der Waals surface area contributed by atoms with E-state index >= 15 is 0 Å². The Hall–Kier alpha value is -2.49. The van der Waals surface area contributed by atoms with E-state index in [1.54, 1.807) is 0 Å². The molecule has 0 saturated heterocycles. The van der Waals surface area contributed by atoms with E-state index in [1.165, 1.54) is 244 Å². The van der Waals surface area contributed by atoms with Crippen LogP contribution >= 0.6 is 0 Å². The van der Waals surface area contributed by atoms with Crippen LogP contribution in [-0.4, -0.2) is 82.3 Å². The number of unbranched alkanes of at least 4 members (excludes halogenated alkanes) is 43. The van der Waals surface area contributed by atoms with E-state index in [4.69, 9.17) is 18.9 Å². The van der Waals surface area contributed by atoms with Crippen molar-refractivity contribution in [2.75, 3.05) is 47.5 Å². The molecular weight excluding hydrogens is 983 g/mol. The summed E-state index contributed by atoms with van der Waals surface area (Å²) in [6.07, 6.45) is 74.0. The molecule has 0 heterocycles. The number of aliphatic carboxylic acids is 1. The van der Waals surface area contributed by atoms with E-state index in [0.717, 1.165) is 57.8 Å². The lowest BCUT2D eigenvalue weighted by atomic mass is 10.0. The summed E-state index contributed by atoms with van der Waals surface area (Å²) in [7, 11) is 5.93. The summed E-state index contributed by atoms with van der Waals surface area (Å²) < 4.78 is 22.7. The largest absolute Gasteiger partial charge is 0.545 e. The number of ether oxygens (including phenoxy) is 4. The van der Waals surface area contributed by atoms with Crippen molar-refractivity contribution in [1.82, 2.24) is 0 Å². The van der Waals surface area contributed by atoms with E-state index in [1.807, 2.05) is 21.1 Å². The van der Waals surface area contributed by atoms with Gasteiger partial charge in [0.1, 0.15) is 13.2 Å². The van der Waals surface area contributed by atoms with E-state index in [9.17, 15) is 19.5 Å². The number of carbonyl (C=O) groups is 3. The summed E-state index contributed by atoms with van der Waals surface area (Å²) in [5, 5.41) is 11.8. The number of carbonyl (C=O) groups excluding carboxylic acids is 3. The first-order chi connectivity index (χ1) is 38.6. The Morgan fingerprint density at radius 2 is 0.684 bits per heavy atom. The average Bonchev–Trinajstić information content (AvgIpc) is 3.42. The van der Waals surface area contributed by atoms with Crippen molar-refractivity contribution in [3.05, 3.63) is 36.5 Å². The minimum absolute atomic E-state index is 0.146. The van der Waals surface area contributed by atoms with Gasteiger partial charge in [0.05, 0.1) is 40.3 Å². The number of nitrogens with zero attached hydrogens (tertiary/aromatic N) is 1. The molecule has 0 aromatic carbocycles. The second-order valence-electron chi connectivity index (χ2n) is 24.5. The Morgan fingerprint density at radius 3 is 1.04 bits per heavy atom. The van der Waals surface area contributed by atoms with Crippen molar-refractivity contribution in [1.29, 1.82) is 0 Å². The molecule has 0 aromatic heterocycles. The lowest BCUT2D eigenvalue weighted by Crippen LogP contribution is -2.44. The highest BCUT2D eigenvalue weighted by molar-refractivity contribution is 5.70. The van der Waals surface area contributed by atoms with Crippen LogP contribution in [-0.2, 0) is 33.3 Å². The second kappa shape index (κ2) is 61.6. The second-order valence-corrected chi connectivity index (χ2v) is 24.5. The maximum atomic E-state index is 12.8. The summed E-state index contributed by atoms with van der Waals surface area (Å²) in [5.41, 5.74) is 0. The van der Waals surface area contributed by atoms with Crippen molar-refractivity contribution >= 4 is 17.9 Å². The molecule has 0 saturated carbocycles. The third kappa shape index (κ3) is 63.0. The highest BCUT2D eigenvalue weighted by Gasteiger charge is 2.22. The SMILES string of the molecule is CCCCC/C=C\C/C=C\CCCCCCCC(=O)OC(COC(=O)CCCCCCCCCCCCCCCCCCCCCCCCCCCCC/C=C\CCCCCCCCCC)COC(OCC[N+](C)(C)C)C(=O)[O-]. The van der Waals surface area contributed by atoms with Crippen molar-refractivity contribution in [2.45, 2.75) is 347 Å². The van der Waals surface area contributed by atoms with Gasteiger partial charge >= 0.3 is 11.9 Å². The predicted octanol–water partition coefficient (Wildman–Crippen LogP) is 19.5. The van der Waals surface area contributed by atoms with E-state index in [0.29, 0.717) is 23.9 Å². The van der Waals surface area contributed by atoms with Crippen LogP contribution in [0.5, 0.6) is 0 Å². The number of carboxylic acids is 1. The predicted molar refractivity (Wildman–Crippen MR) is 334 cm³/mol. The minimum Gasteiger partial charge on any atom is -0.545 e. The Balaban J connectivity index is 3.91. The molecule has 0 fully saturated rings. The molecule has 0 amide bonds. The van der Waals surface area contributed by atoms with Gasteiger partial charge in [-0.2, -0.15) is 0 Å². The van der Waals surface area contributed by atoms with Crippen LogP contribution in [0.4, 0.5) is 0 Å². The van der Waals surface area contributed by atoms with E-state index in [-0.39, 0.29) is 32.2 Å². The number of allylic oxidation sites excluding steroid dienone is 6. The van der Waals surface area contributed by atoms with Gasteiger partial charge in [0, 0.05) is 12.8 Å². The Morgan fingerprint density at radius 1 is 0.380 bits per heavy atom. The zero-order chi connectivity index (χ0) is 57.6. The molecule has 2 atom stereocenters. The third-order valence-corrected chi connectivity index (χ3v) is 15.4. The fourth-order valence-electron chi connectivity index (χ4n) is 10.1. The normalized spacial score (nSPS) is 12.9. The van der Waals surface area contributed by atoms with E-state index < -0.39 is 24.3 Å². The van der Waals surface area contributed by atoms with Crippen LogP contribution in [0.1, 0.15) is 335 Å². The van der Waals surface area contributed by atoms with Crippen LogP contribution in [0, 0.1) is 0 Å². The van der Waals surface area contributed by atoms with E-state index in [2.05, 4.69) is 50.3 Å². The summed E-state index contributed by atoms with van der Waals surface area (Å²) in [4.78, 5) is 37.3. The monoisotopic (exact) mass is 1110 g/mol. The number of carboxylic acid groups (broad SMARTS) is 1. The van der Waals surface area contributed by atoms with Gasteiger partial charge in [0.2, 0.25) is 0 Å². The van der Waals surface area contributed by atoms with Crippen molar-refractivity contribution < 1.29 is 42.9 Å². The molecule has 79 heavy (non-hydrogen) atoms. The van der Waals surface area contributed by atoms with Crippen LogP contribution in [0.2, 0.25) is 0 Å². The number of likely N-dealkylation sites (N-methyl/N-ethyl adjacent to an activating group) is 1. The molecule has 0 spiro atoms. The molecule has 0 bridgehead atoms. The van der Waals surface area contributed by atoms with Gasteiger partial charge in [-0.1, -0.05) is 288 Å². The molecule has 0 aliphatic rings. The average molecular weight is 1110 g/mol. The van der Waals surface area contributed by atoms with Crippen molar-refractivity contribution in [3.63, 3.8) is 0 Å². The van der Waals surface area contributed by atoms with Crippen LogP contribution < -0.4 is 5.11 Å². The molecule has 464 valence electrons. The number of rotatable bonds is 64. The first-order valence-corrected chi connectivity index (χ1v) is 34.1. The summed E-state index contributed by atoms with van der Waals surface area (Å²) in [6.45, 7) is 4.74. The maximum absolute atomic E-state index is 12.8. The van der Waals surface area contributed by atoms with Crippen LogP contribution in [0.25, 0.3) is 0 Å². The lowest BCUT2D eigenvalue weighted by molar-refractivity contribution is -0.870. The Labute approximate surface area is 490 Å². The summed E-state index contributed by atoms with van der Waals surface area (Å²) >= 11 is 0. The molecule has 0 aliphatic heterocycles. The molecule has 2 unspecified atom stereocenters. The highest BCUT2D eigenvalue weighted by atomic mass is 16.7. The molecule has 9 heteroatoms. The Kier molecular flexibility index (Phi) is 59.6. The van der Waals surface area contributed by atoms with Gasteiger partial charge in [-0.15, -0.1) is 0 Å². The first kappa shape index (κ1) is 76.5. The highest BCUT2D eigenvalue weighted by Crippen LogP contribution is 2.18. The van der Waals surface area contributed by atoms with Gasteiger partial charge in [0.25, 0.3) is 0 Å². The van der Waals surface area contributed by atoms with Gasteiger partial charge in [-0.3, -0.25) is 9.59 Å². The van der Waals surface area contributed by atoms with Gasteiger partial charge < -0.3 is 33.3 Å². The van der Waals surface area contributed by atoms with Crippen molar-refractivity contribution in [2.24, 2.45) is 0 Å². The van der Waals surface area contributed by atoms with Gasteiger partial charge in [0.15, 0.2) is 12.4 Å². The van der Waals surface area contributed by atoms with Gasteiger partial charge in [-0.25, -0.2) is 0 Å². The smallest absolute Gasteiger partial charge is 0.306 e. The summed E-state index contributed by atoms with van der Waals surface area (Å²) in [5.74, 6) is -2.28. The van der Waals surface area contributed by atoms with Gasteiger partial charge in [-0.05, 0) is 70.6 Å². The molecule has 0 N–H and O–H groups in total. The first-order valence-electron chi connectivity index (χ1n) is 34.1. The standard InChI is InChI=1S/C70H131NO8/c1-6-8-10-12-14-16-18-20-22-23-24-25-26-27-28-29-30-31-32-33-34-35-36-37-38-39-40-41-42-43-44-45-47-48-50-52-54-56-58-60-67(72)77-64-66(65-78-70(69(74)75)76-63-62-71(3,4)5)79-68(73)61-59-57-55-53-51-49-46-21-19-17-15-13-11-9-7-2/h15,17,21,23-24,46,66,70H,6-14,16,18-20,22,25-45,47-65H2,1-5H3/b17-15-,24-23-,46-21-. The maximum Gasteiger partial charge on any atom is 0.306 e. The quantitative estimate of drug-likeness (QED) is 0.0195. The molecule has 0 aromatic rings. The molecule has 9 nitrogen and oxygen atoms in total. The molecule has 0 aliphatic carbocycles. The molecular formula is C70H131NO8. The lowest BCUT2D eigenvalue weighted by Gasteiger charge is -2.26. The fraction of sp³-hybridized carbons (Fsp3) is 0.871. The topological polar surface area (TPSA) is 111 Å². The number of esters is 2. The van der Waals surface area contributed by atoms with Crippen LogP contribution in [0.3, 0.4) is 0 Å². The fourth-order valence-corrected chi connectivity index (χ4v) is 10.1. The summed E-state index contributed by atoms with van der Waals surface area (Å²) in [6, 6.07) is 0. The minimum atomic E-state index is -1.62. The zero-order valence-corrected chi connectivity index (χ0v) is 53.0. The van der Waals surface area contributed by atoms with Crippen LogP contribution in [0.15, 0.2) is 36.5 Å². The number of quaternary nitrogens is 1. The third-order valence-electron chi connectivity index (χ3n) is 15.4. The molecule has 0 rings (SSSR count). The Bertz CT molecular complexity index is 1390. The van der Waals surface area contributed by atoms with Crippen molar-refractivity contribution in [3.8, 4) is 0 Å².